The second kappa shape index (κ2) is 6.05. The predicted molar refractivity (Wildman–Crippen MR) is 70.7 cm³/mol. The van der Waals surface area contributed by atoms with Crippen LogP contribution < -0.4 is 4.74 Å². The molecule has 0 aliphatic rings. The molecule has 0 bridgehead atoms. The van der Waals surface area contributed by atoms with Crippen molar-refractivity contribution in [2.24, 2.45) is 0 Å². The van der Waals surface area contributed by atoms with Crippen molar-refractivity contribution in [2.75, 3.05) is 7.11 Å². The van der Waals surface area contributed by atoms with Gasteiger partial charge in [-0.1, -0.05) is 29.8 Å². The number of carboxylic acids is 1. The molecule has 0 saturated heterocycles. The van der Waals surface area contributed by atoms with Crippen molar-refractivity contribution in [1.82, 2.24) is 0 Å². The molecule has 0 heterocycles. The molecular weight excluding hydrogens is 284 g/mol. The molecule has 0 aliphatic carbocycles. The first-order valence-corrected chi connectivity index (χ1v) is 6.33. The van der Waals surface area contributed by atoms with Gasteiger partial charge in [-0.15, -0.1) is 0 Å². The van der Waals surface area contributed by atoms with Crippen molar-refractivity contribution in [2.45, 2.75) is 32.6 Å². The monoisotopic (exact) mass is 300 g/mol. The van der Waals surface area contributed by atoms with E-state index in [9.17, 15) is 4.79 Å². The number of hydrogen-bond donors (Lipinski definition) is 1. The van der Waals surface area contributed by atoms with Crippen LogP contribution in [-0.2, 0) is 11.2 Å². The van der Waals surface area contributed by atoms with Crippen molar-refractivity contribution in [3.63, 3.8) is 0 Å². The Morgan fingerprint density at radius 3 is 2.59 bits per heavy atom. The number of rotatable bonds is 5. The van der Waals surface area contributed by atoms with Crippen molar-refractivity contribution < 1.29 is 14.6 Å². The van der Waals surface area contributed by atoms with E-state index >= 15 is 0 Å². The third-order valence-corrected chi connectivity index (χ3v) is 3.32. The van der Waals surface area contributed by atoms with Gasteiger partial charge in [-0.25, -0.2) is 0 Å². The Hall–Kier alpha value is -1.03. The lowest BCUT2D eigenvalue weighted by Gasteiger charge is -2.14. The van der Waals surface area contributed by atoms with Gasteiger partial charge < -0.3 is 9.84 Å². The zero-order valence-corrected chi connectivity index (χ0v) is 11.9. The van der Waals surface area contributed by atoms with E-state index in [4.69, 9.17) is 9.84 Å². The Morgan fingerprint density at radius 2 is 2.12 bits per heavy atom. The van der Waals surface area contributed by atoms with Gasteiger partial charge in [-0.2, -0.15) is 0 Å². The number of carboxylic acid groups (broad SMARTS) is 1. The molecule has 0 aliphatic heterocycles. The minimum Gasteiger partial charge on any atom is -0.496 e. The molecule has 0 aromatic heterocycles. The van der Waals surface area contributed by atoms with E-state index in [-0.39, 0.29) is 6.42 Å². The Balaban J connectivity index is 3.05. The molecule has 1 aromatic carbocycles. The quantitative estimate of drug-likeness (QED) is 0.904. The predicted octanol–water partition coefficient (Wildman–Crippen LogP) is 3.60. The Kier molecular flexibility index (Phi) is 5.00. The smallest absolute Gasteiger partial charge is 0.303 e. The molecule has 4 heteroatoms. The Labute approximate surface area is 110 Å². The molecule has 1 aromatic rings. The molecule has 0 radical (unpaired) electrons. The SMILES string of the molecule is COc1cc(C(C)C)c(Br)cc1CCC(=O)O. The van der Waals surface area contributed by atoms with Gasteiger partial charge in [0, 0.05) is 10.9 Å². The Morgan fingerprint density at radius 1 is 1.47 bits per heavy atom. The van der Waals surface area contributed by atoms with Gasteiger partial charge in [0.2, 0.25) is 0 Å². The van der Waals surface area contributed by atoms with Crippen molar-refractivity contribution in [1.29, 1.82) is 0 Å². The number of carbonyl (C=O) groups is 1. The van der Waals surface area contributed by atoms with Crippen molar-refractivity contribution in [3.05, 3.63) is 27.7 Å². The third-order valence-electron chi connectivity index (χ3n) is 2.63. The van der Waals surface area contributed by atoms with Gasteiger partial charge in [0.05, 0.1) is 7.11 Å². The van der Waals surface area contributed by atoms with Crippen LogP contribution in [0.3, 0.4) is 0 Å². The molecule has 0 fully saturated rings. The Bertz CT molecular complexity index is 413. The highest BCUT2D eigenvalue weighted by Gasteiger charge is 2.12. The molecule has 17 heavy (non-hydrogen) atoms. The van der Waals surface area contributed by atoms with Crippen LogP contribution in [0.25, 0.3) is 0 Å². The highest BCUT2D eigenvalue weighted by Crippen LogP contribution is 2.32. The summed E-state index contributed by atoms with van der Waals surface area (Å²) in [5, 5.41) is 8.70. The summed E-state index contributed by atoms with van der Waals surface area (Å²) in [6.45, 7) is 4.22. The summed E-state index contributed by atoms with van der Waals surface area (Å²) in [5.41, 5.74) is 2.09. The summed E-state index contributed by atoms with van der Waals surface area (Å²) < 4.78 is 6.32. The number of aliphatic carboxylic acids is 1. The molecular formula is C13H17BrO3. The fourth-order valence-corrected chi connectivity index (χ4v) is 2.53. The maximum atomic E-state index is 10.6. The number of ether oxygens (including phenoxy) is 1. The standard InChI is InChI=1S/C13H17BrO3/c1-8(2)10-7-12(17-3)9(6-11(10)14)4-5-13(15)16/h6-8H,4-5H2,1-3H3,(H,15,16). The normalized spacial score (nSPS) is 10.6. The number of aryl methyl sites for hydroxylation is 1. The van der Waals surface area contributed by atoms with Crippen LogP contribution in [0.5, 0.6) is 5.75 Å². The number of benzene rings is 1. The highest BCUT2D eigenvalue weighted by atomic mass is 79.9. The van der Waals surface area contributed by atoms with Crippen LogP contribution >= 0.6 is 15.9 Å². The van der Waals surface area contributed by atoms with E-state index in [1.54, 1.807) is 7.11 Å². The van der Waals surface area contributed by atoms with Crippen LogP contribution in [0.4, 0.5) is 0 Å². The molecule has 0 saturated carbocycles. The van der Waals surface area contributed by atoms with Gasteiger partial charge in [-0.05, 0) is 35.6 Å². The number of halogens is 1. The molecule has 0 atom stereocenters. The van der Waals surface area contributed by atoms with Gasteiger partial charge in [0.15, 0.2) is 0 Å². The largest absolute Gasteiger partial charge is 0.496 e. The molecule has 1 rings (SSSR count). The summed E-state index contributed by atoms with van der Waals surface area (Å²) in [4.78, 5) is 10.6. The van der Waals surface area contributed by atoms with Crippen LogP contribution in [0, 0.1) is 0 Å². The fraction of sp³-hybridized carbons (Fsp3) is 0.462. The maximum Gasteiger partial charge on any atom is 0.303 e. The van der Waals surface area contributed by atoms with E-state index in [1.807, 2.05) is 12.1 Å². The average Bonchev–Trinajstić information content (AvgIpc) is 2.25. The summed E-state index contributed by atoms with van der Waals surface area (Å²) >= 11 is 3.52. The number of methoxy groups -OCH3 is 1. The molecule has 3 nitrogen and oxygen atoms in total. The van der Waals surface area contributed by atoms with Crippen LogP contribution in [-0.4, -0.2) is 18.2 Å². The van der Waals surface area contributed by atoms with Crippen LogP contribution in [0.2, 0.25) is 0 Å². The second-order valence-corrected chi connectivity index (χ2v) is 5.09. The summed E-state index contributed by atoms with van der Waals surface area (Å²) in [7, 11) is 1.61. The zero-order chi connectivity index (χ0) is 13.0. The highest BCUT2D eigenvalue weighted by molar-refractivity contribution is 9.10. The van der Waals surface area contributed by atoms with Crippen molar-refractivity contribution in [3.8, 4) is 5.75 Å². The topological polar surface area (TPSA) is 46.5 Å². The summed E-state index contributed by atoms with van der Waals surface area (Å²) in [6.07, 6.45) is 0.597. The van der Waals surface area contributed by atoms with Gasteiger partial charge >= 0.3 is 5.97 Å². The van der Waals surface area contributed by atoms with Crippen LogP contribution in [0.1, 0.15) is 37.3 Å². The first-order valence-electron chi connectivity index (χ1n) is 5.53. The zero-order valence-electron chi connectivity index (χ0n) is 10.3. The number of hydrogen-bond acceptors (Lipinski definition) is 2. The molecule has 0 spiro atoms. The van der Waals surface area contributed by atoms with E-state index in [0.29, 0.717) is 12.3 Å². The minimum absolute atomic E-state index is 0.115. The fourth-order valence-electron chi connectivity index (χ4n) is 1.68. The van der Waals surface area contributed by atoms with E-state index in [0.717, 1.165) is 15.8 Å². The minimum atomic E-state index is -0.795. The van der Waals surface area contributed by atoms with E-state index in [1.165, 1.54) is 5.56 Å². The third kappa shape index (κ3) is 3.73. The van der Waals surface area contributed by atoms with Gasteiger partial charge in [0.1, 0.15) is 5.75 Å². The van der Waals surface area contributed by atoms with E-state index < -0.39 is 5.97 Å². The van der Waals surface area contributed by atoms with E-state index in [2.05, 4.69) is 29.8 Å². The maximum absolute atomic E-state index is 10.6. The van der Waals surface area contributed by atoms with Crippen LogP contribution in [0.15, 0.2) is 16.6 Å². The van der Waals surface area contributed by atoms with Gasteiger partial charge in [-0.3, -0.25) is 4.79 Å². The summed E-state index contributed by atoms with van der Waals surface area (Å²) in [5.74, 6) is 0.362. The van der Waals surface area contributed by atoms with Gasteiger partial charge in [0.25, 0.3) is 0 Å². The first kappa shape index (κ1) is 14.0. The average molecular weight is 301 g/mol. The molecule has 94 valence electrons. The molecule has 1 N–H and O–H groups in total. The first-order chi connectivity index (χ1) is 7.95. The second-order valence-electron chi connectivity index (χ2n) is 4.23. The molecule has 0 unspecified atom stereocenters. The lowest BCUT2D eigenvalue weighted by atomic mass is 9.99. The molecule has 0 amide bonds. The van der Waals surface area contributed by atoms with Crippen molar-refractivity contribution >= 4 is 21.9 Å². The lowest BCUT2D eigenvalue weighted by molar-refractivity contribution is -0.136. The summed E-state index contributed by atoms with van der Waals surface area (Å²) in [6, 6.07) is 3.93. The lowest BCUT2D eigenvalue weighted by Crippen LogP contribution is -2.01.